The summed E-state index contributed by atoms with van der Waals surface area (Å²) < 4.78 is 0. The van der Waals surface area contributed by atoms with Crippen molar-refractivity contribution in [1.29, 1.82) is 0 Å². The molecule has 0 saturated carbocycles. The molecule has 0 atom stereocenters. The molecular formula is C112H75N3. The molecule has 19 aromatic rings. The van der Waals surface area contributed by atoms with E-state index in [1.807, 2.05) is 36.4 Å². The number of hydrogen-bond donors (Lipinski definition) is 0. The van der Waals surface area contributed by atoms with Crippen LogP contribution >= 0.6 is 0 Å². The van der Waals surface area contributed by atoms with Gasteiger partial charge in [-0.3, -0.25) is 0 Å². The Morgan fingerprint density at radius 2 is 0.304 bits per heavy atom. The molecule has 0 spiro atoms. The molecule has 0 fully saturated rings. The van der Waals surface area contributed by atoms with Crippen molar-refractivity contribution in [3.8, 4) is 179 Å². The topological polar surface area (TPSA) is 38.7 Å². The Hall–Kier alpha value is -15.0. The first-order valence-corrected chi connectivity index (χ1v) is 39.4. The van der Waals surface area contributed by atoms with Crippen molar-refractivity contribution < 1.29 is 0 Å². The molecule has 0 radical (unpaired) electrons. The molecule has 3 heteroatoms. The van der Waals surface area contributed by atoms with Crippen molar-refractivity contribution in [3.63, 3.8) is 0 Å². The molecule has 0 N–H and O–H groups in total. The van der Waals surface area contributed by atoms with E-state index < -0.39 is 5.41 Å². The van der Waals surface area contributed by atoms with Crippen molar-refractivity contribution in [2.75, 3.05) is 0 Å². The minimum absolute atomic E-state index is 0.568. The van der Waals surface area contributed by atoms with Crippen LogP contribution in [0.5, 0.6) is 0 Å². The highest BCUT2D eigenvalue weighted by Gasteiger charge is 2.47. The normalized spacial score (nSPS) is 11.9. The fourth-order valence-corrected chi connectivity index (χ4v) is 17.1. The second-order valence-corrected chi connectivity index (χ2v) is 29.8. The second kappa shape index (κ2) is 30.3. The third-order valence-corrected chi connectivity index (χ3v) is 22.7. The number of hydrogen-bond acceptors (Lipinski definition) is 3. The maximum absolute atomic E-state index is 5.53. The first-order chi connectivity index (χ1) is 56.9. The van der Waals surface area contributed by atoms with Gasteiger partial charge in [-0.15, -0.1) is 0 Å². The van der Waals surface area contributed by atoms with Gasteiger partial charge in [0.15, 0.2) is 17.5 Å². The monoisotopic (exact) mass is 1460 g/mol. The highest BCUT2D eigenvalue weighted by Crippen LogP contribution is 2.59. The molecule has 0 aliphatic heterocycles. The third-order valence-electron chi connectivity index (χ3n) is 22.7. The van der Waals surface area contributed by atoms with Gasteiger partial charge in [0.25, 0.3) is 0 Å². The molecule has 538 valence electrons. The van der Waals surface area contributed by atoms with Gasteiger partial charge in [0.1, 0.15) is 0 Å². The van der Waals surface area contributed by atoms with E-state index in [4.69, 9.17) is 15.0 Å². The zero-order valence-corrected chi connectivity index (χ0v) is 63.1. The molecule has 1 aliphatic carbocycles. The Morgan fingerprint density at radius 3 is 0.548 bits per heavy atom. The number of fused-ring (bicyclic) bond motifs is 3. The standard InChI is InChI=1S/C112H75N3/c1-11-33-76(34-12-1)87-57-88(77-35-13-2-14-36-77)62-95(61-87)99-69-100(96-63-89(78-37-15-3-16-38-78)58-90(64-96)79-39-17-4-18-40-79)72-103(71-99)112(107-54-32-31-53-105(107)106-56-55-86(75-108(106)112)111-114-109(84-49-27-9-28-50-84)113-110(115-111)85-51-29-10-30-52-85)104-73-101(97-65-91(80-41-19-5-20-42-80)59-92(66-97)81-43-21-6-22-44-81)70-102(74-104)98-67-93(82-45-23-7-24-46-82)60-94(68-98)83-47-25-8-26-48-83/h1-75H. The predicted molar refractivity (Wildman–Crippen MR) is 479 cm³/mol. The van der Waals surface area contributed by atoms with Gasteiger partial charge in [-0.1, -0.05) is 340 Å². The molecule has 0 saturated heterocycles. The van der Waals surface area contributed by atoms with Gasteiger partial charge < -0.3 is 0 Å². The summed E-state index contributed by atoms with van der Waals surface area (Å²) in [4.78, 5) is 16.3. The zero-order chi connectivity index (χ0) is 76.4. The van der Waals surface area contributed by atoms with Crippen LogP contribution in [-0.2, 0) is 5.41 Å². The van der Waals surface area contributed by atoms with E-state index in [0.717, 1.165) is 184 Å². The molecule has 0 unspecified atom stereocenters. The molecule has 0 amide bonds. The molecule has 1 heterocycles. The Balaban J connectivity index is 0.949. The number of aromatic nitrogens is 3. The van der Waals surface area contributed by atoms with E-state index in [1.165, 1.54) is 0 Å². The Kier molecular flexibility index (Phi) is 18.2. The predicted octanol–water partition coefficient (Wildman–Crippen LogP) is 29.2. The van der Waals surface area contributed by atoms with Crippen LogP contribution in [0.25, 0.3) is 179 Å². The first kappa shape index (κ1) is 69.2. The summed E-state index contributed by atoms with van der Waals surface area (Å²) >= 11 is 0. The molecule has 1 aromatic heterocycles. The summed E-state index contributed by atoms with van der Waals surface area (Å²) in [5, 5.41) is 0. The van der Waals surface area contributed by atoms with Crippen LogP contribution in [0.4, 0.5) is 0 Å². The summed E-state index contributed by atoms with van der Waals surface area (Å²) in [5.41, 5.74) is 34.9. The van der Waals surface area contributed by atoms with Crippen molar-refractivity contribution in [3.05, 3.63) is 477 Å². The summed E-state index contributed by atoms with van der Waals surface area (Å²) in [6.07, 6.45) is 0. The Morgan fingerprint density at radius 1 is 0.122 bits per heavy atom. The SMILES string of the molecule is c1ccc(-c2cc(-c3ccccc3)cc(-c3cc(-c4cc(-c5ccccc5)cc(-c5ccccc5)c4)cc(C4(c5cc(-c6cc(-c7ccccc7)cc(-c7ccccc7)c6)cc(-c6cc(-c7ccccc7)cc(-c7ccccc7)c6)c5)c5ccccc5-c5ccc(-c6nc(-c7ccccc7)nc(-c7ccccc7)n6)cc54)c3)c2)cc1. The molecule has 18 aromatic carbocycles. The van der Waals surface area contributed by atoms with E-state index in [9.17, 15) is 0 Å². The lowest BCUT2D eigenvalue weighted by molar-refractivity contribution is 0.770. The third kappa shape index (κ3) is 13.7. The van der Waals surface area contributed by atoms with Crippen LogP contribution in [0.15, 0.2) is 455 Å². The van der Waals surface area contributed by atoms with Crippen LogP contribution in [-0.4, -0.2) is 15.0 Å². The van der Waals surface area contributed by atoms with Gasteiger partial charge in [-0.25, -0.2) is 15.0 Å². The van der Waals surface area contributed by atoms with Crippen LogP contribution in [0, 0.1) is 0 Å². The second-order valence-electron chi connectivity index (χ2n) is 29.8. The van der Waals surface area contributed by atoms with Crippen LogP contribution < -0.4 is 0 Å². The van der Waals surface area contributed by atoms with Gasteiger partial charge in [-0.2, -0.15) is 0 Å². The first-order valence-electron chi connectivity index (χ1n) is 39.4. The van der Waals surface area contributed by atoms with Crippen LogP contribution in [0.2, 0.25) is 0 Å². The lowest BCUT2D eigenvalue weighted by Crippen LogP contribution is -2.29. The summed E-state index contributed by atoms with van der Waals surface area (Å²) in [6, 6.07) is 167. The molecule has 3 nitrogen and oxygen atoms in total. The largest absolute Gasteiger partial charge is 0.208 e. The van der Waals surface area contributed by atoms with Crippen molar-refractivity contribution in [2.45, 2.75) is 5.41 Å². The lowest BCUT2D eigenvalue weighted by Gasteiger charge is -2.36. The molecule has 1 aliphatic rings. The van der Waals surface area contributed by atoms with Gasteiger partial charge in [0.05, 0.1) is 5.41 Å². The number of rotatable bonds is 17. The van der Waals surface area contributed by atoms with E-state index in [2.05, 4.69) is 419 Å². The fourth-order valence-electron chi connectivity index (χ4n) is 17.1. The molecular weight excluding hydrogens is 1390 g/mol. The van der Waals surface area contributed by atoms with E-state index in [-0.39, 0.29) is 0 Å². The van der Waals surface area contributed by atoms with Gasteiger partial charge >= 0.3 is 0 Å². The summed E-state index contributed by atoms with van der Waals surface area (Å²) in [7, 11) is 0. The highest BCUT2D eigenvalue weighted by molar-refractivity contribution is 5.95. The quantitative estimate of drug-likeness (QED) is 0.0912. The minimum Gasteiger partial charge on any atom is -0.208 e. The van der Waals surface area contributed by atoms with Crippen molar-refractivity contribution in [1.82, 2.24) is 15.0 Å². The number of benzene rings is 18. The summed E-state index contributed by atoms with van der Waals surface area (Å²) in [5.74, 6) is 1.75. The van der Waals surface area contributed by atoms with Gasteiger partial charge in [0, 0.05) is 16.7 Å². The lowest BCUT2D eigenvalue weighted by atomic mass is 9.65. The zero-order valence-electron chi connectivity index (χ0n) is 63.1. The Bertz CT molecular complexity index is 5880. The van der Waals surface area contributed by atoms with Crippen molar-refractivity contribution >= 4 is 0 Å². The molecule has 115 heavy (non-hydrogen) atoms. The van der Waals surface area contributed by atoms with E-state index in [1.54, 1.807) is 0 Å². The van der Waals surface area contributed by atoms with Gasteiger partial charge in [0.2, 0.25) is 0 Å². The average molecular weight is 1460 g/mol. The molecule has 20 rings (SSSR count). The van der Waals surface area contributed by atoms with Gasteiger partial charge in [-0.05, 0) is 282 Å². The Labute approximate surface area is 671 Å². The van der Waals surface area contributed by atoms with Crippen LogP contribution in [0.3, 0.4) is 0 Å². The summed E-state index contributed by atoms with van der Waals surface area (Å²) in [6.45, 7) is 0. The van der Waals surface area contributed by atoms with Crippen LogP contribution in [0.1, 0.15) is 22.3 Å². The van der Waals surface area contributed by atoms with E-state index in [0.29, 0.717) is 17.5 Å². The van der Waals surface area contributed by atoms with Crippen molar-refractivity contribution in [2.24, 2.45) is 0 Å². The maximum atomic E-state index is 5.53. The smallest absolute Gasteiger partial charge is 0.164 e. The minimum atomic E-state index is -1.12. The highest BCUT2D eigenvalue weighted by atomic mass is 15.0. The molecule has 0 bridgehead atoms. The fraction of sp³-hybridized carbons (Fsp3) is 0.00893. The maximum Gasteiger partial charge on any atom is 0.164 e. The van der Waals surface area contributed by atoms with E-state index >= 15 is 0 Å². The average Bonchev–Trinajstić information content (AvgIpc) is 1.54. The number of nitrogens with zero attached hydrogens (tertiary/aromatic N) is 3.